The summed E-state index contributed by atoms with van der Waals surface area (Å²) < 4.78 is 0. The summed E-state index contributed by atoms with van der Waals surface area (Å²) in [5, 5.41) is 2.64. The van der Waals surface area contributed by atoms with E-state index in [9.17, 15) is 4.79 Å². The molecule has 1 amide bonds. The van der Waals surface area contributed by atoms with E-state index in [1.165, 1.54) is 11.1 Å². The molecule has 80 valence electrons. The van der Waals surface area contributed by atoms with Crippen LogP contribution in [-0.2, 0) is 11.3 Å². The molecule has 0 aromatic heterocycles. The molecule has 0 saturated carbocycles. The Hall–Kier alpha value is -2.09. The standard InChI is InChI=1S/C14H13NO/c16-11-15-10-12-6-8-14(9-7-12)13-4-2-1-3-5-13/h1-9,11H,10H2,(H,15,16). The average molecular weight is 211 g/mol. The number of carbonyl (C=O) groups excluding carboxylic acids is 1. The van der Waals surface area contributed by atoms with Crippen molar-refractivity contribution in [2.24, 2.45) is 0 Å². The van der Waals surface area contributed by atoms with Crippen LogP contribution in [0, 0.1) is 0 Å². The minimum absolute atomic E-state index is 0.582. The van der Waals surface area contributed by atoms with Gasteiger partial charge in [0.15, 0.2) is 0 Å². The lowest BCUT2D eigenvalue weighted by molar-refractivity contribution is -0.109. The summed E-state index contributed by atoms with van der Waals surface area (Å²) in [7, 11) is 0. The lowest BCUT2D eigenvalue weighted by atomic mass is 10.0. The van der Waals surface area contributed by atoms with Gasteiger partial charge >= 0.3 is 0 Å². The van der Waals surface area contributed by atoms with E-state index < -0.39 is 0 Å². The second-order valence-corrected chi connectivity index (χ2v) is 3.56. The van der Waals surface area contributed by atoms with Gasteiger partial charge in [-0.25, -0.2) is 0 Å². The third-order valence-corrected chi connectivity index (χ3v) is 2.45. The molecule has 2 aromatic carbocycles. The number of hydrogen-bond donors (Lipinski definition) is 1. The molecule has 0 aliphatic carbocycles. The van der Waals surface area contributed by atoms with Gasteiger partial charge in [0.25, 0.3) is 0 Å². The van der Waals surface area contributed by atoms with E-state index in [1.807, 2.05) is 30.3 Å². The van der Waals surface area contributed by atoms with Gasteiger partial charge in [-0.15, -0.1) is 0 Å². The molecule has 0 bridgehead atoms. The Labute approximate surface area is 94.9 Å². The van der Waals surface area contributed by atoms with Crippen LogP contribution in [0.4, 0.5) is 0 Å². The number of rotatable bonds is 4. The van der Waals surface area contributed by atoms with Crippen molar-refractivity contribution in [3.63, 3.8) is 0 Å². The fourth-order valence-electron chi connectivity index (χ4n) is 1.61. The first-order chi connectivity index (χ1) is 7.90. The quantitative estimate of drug-likeness (QED) is 0.774. The first-order valence-electron chi connectivity index (χ1n) is 5.21. The maximum absolute atomic E-state index is 10.2. The highest BCUT2D eigenvalue weighted by Crippen LogP contribution is 2.18. The molecular formula is C14H13NO. The van der Waals surface area contributed by atoms with Crippen LogP contribution in [0.25, 0.3) is 11.1 Å². The minimum atomic E-state index is 0.582. The van der Waals surface area contributed by atoms with Crippen LogP contribution in [0.3, 0.4) is 0 Å². The summed E-state index contributed by atoms with van der Waals surface area (Å²) >= 11 is 0. The topological polar surface area (TPSA) is 29.1 Å². The van der Waals surface area contributed by atoms with Crippen LogP contribution in [0.15, 0.2) is 54.6 Å². The van der Waals surface area contributed by atoms with Crippen molar-refractivity contribution >= 4 is 6.41 Å². The Balaban J connectivity index is 2.16. The summed E-state index contributed by atoms with van der Waals surface area (Å²) in [6.45, 7) is 0.582. The van der Waals surface area contributed by atoms with Gasteiger partial charge in [0.1, 0.15) is 0 Å². The van der Waals surface area contributed by atoms with E-state index in [0.29, 0.717) is 13.0 Å². The van der Waals surface area contributed by atoms with Crippen LogP contribution in [0.2, 0.25) is 0 Å². The Kier molecular flexibility index (Phi) is 3.34. The summed E-state index contributed by atoms with van der Waals surface area (Å²) in [6.07, 6.45) is 0.713. The highest BCUT2D eigenvalue weighted by molar-refractivity contribution is 5.63. The number of hydrogen-bond acceptors (Lipinski definition) is 1. The van der Waals surface area contributed by atoms with Gasteiger partial charge in [0, 0.05) is 6.54 Å². The minimum Gasteiger partial charge on any atom is -0.355 e. The van der Waals surface area contributed by atoms with Gasteiger partial charge in [-0.1, -0.05) is 54.6 Å². The highest BCUT2D eigenvalue weighted by Gasteiger charge is 1.96. The highest BCUT2D eigenvalue weighted by atomic mass is 16.1. The second-order valence-electron chi connectivity index (χ2n) is 3.56. The first-order valence-corrected chi connectivity index (χ1v) is 5.21. The van der Waals surface area contributed by atoms with Crippen molar-refractivity contribution in [2.75, 3.05) is 0 Å². The van der Waals surface area contributed by atoms with E-state index in [-0.39, 0.29) is 0 Å². The molecule has 2 rings (SSSR count). The number of amides is 1. The van der Waals surface area contributed by atoms with E-state index in [2.05, 4.69) is 29.6 Å². The van der Waals surface area contributed by atoms with Gasteiger partial charge in [-0.2, -0.15) is 0 Å². The zero-order valence-electron chi connectivity index (χ0n) is 8.89. The van der Waals surface area contributed by atoms with Crippen molar-refractivity contribution in [1.82, 2.24) is 5.32 Å². The van der Waals surface area contributed by atoms with Crippen molar-refractivity contribution in [2.45, 2.75) is 6.54 Å². The number of carbonyl (C=O) groups is 1. The predicted octanol–water partition coefficient (Wildman–Crippen LogP) is 2.60. The lowest BCUT2D eigenvalue weighted by Gasteiger charge is -2.03. The molecule has 0 aliphatic rings. The molecule has 0 fully saturated rings. The molecule has 0 spiro atoms. The molecule has 2 aromatic rings. The van der Waals surface area contributed by atoms with E-state index in [1.54, 1.807) is 0 Å². The molecule has 2 heteroatoms. The Morgan fingerprint density at radius 3 is 2.12 bits per heavy atom. The van der Waals surface area contributed by atoms with Gasteiger partial charge < -0.3 is 5.32 Å². The molecule has 0 atom stereocenters. The maximum atomic E-state index is 10.2. The van der Waals surface area contributed by atoms with Crippen LogP contribution < -0.4 is 5.32 Å². The van der Waals surface area contributed by atoms with E-state index in [4.69, 9.17) is 0 Å². The normalized spacial score (nSPS) is 9.75. The molecule has 0 aliphatic heterocycles. The summed E-state index contributed by atoms with van der Waals surface area (Å²) in [4.78, 5) is 10.2. The smallest absolute Gasteiger partial charge is 0.207 e. The van der Waals surface area contributed by atoms with Gasteiger partial charge in [-0.05, 0) is 16.7 Å². The van der Waals surface area contributed by atoms with Crippen LogP contribution in [0.1, 0.15) is 5.56 Å². The fourth-order valence-corrected chi connectivity index (χ4v) is 1.61. The molecule has 2 nitrogen and oxygen atoms in total. The summed E-state index contributed by atoms with van der Waals surface area (Å²) in [6, 6.07) is 18.4. The zero-order chi connectivity index (χ0) is 11.2. The van der Waals surface area contributed by atoms with E-state index in [0.717, 1.165) is 5.56 Å². The van der Waals surface area contributed by atoms with Gasteiger partial charge in [-0.3, -0.25) is 4.79 Å². The molecular weight excluding hydrogens is 198 g/mol. The molecule has 16 heavy (non-hydrogen) atoms. The maximum Gasteiger partial charge on any atom is 0.207 e. The molecule has 0 heterocycles. The average Bonchev–Trinajstić information content (AvgIpc) is 2.38. The van der Waals surface area contributed by atoms with Gasteiger partial charge in [0.2, 0.25) is 6.41 Å². The SMILES string of the molecule is O=CNCc1ccc(-c2ccccc2)cc1. The summed E-state index contributed by atoms with van der Waals surface area (Å²) in [5.41, 5.74) is 3.50. The number of nitrogens with one attached hydrogen (secondary N) is 1. The molecule has 0 saturated heterocycles. The van der Waals surface area contributed by atoms with Crippen LogP contribution in [-0.4, -0.2) is 6.41 Å². The van der Waals surface area contributed by atoms with Gasteiger partial charge in [0.05, 0.1) is 0 Å². The van der Waals surface area contributed by atoms with Crippen LogP contribution in [0.5, 0.6) is 0 Å². The largest absolute Gasteiger partial charge is 0.355 e. The van der Waals surface area contributed by atoms with Crippen molar-refractivity contribution in [3.8, 4) is 11.1 Å². The third-order valence-electron chi connectivity index (χ3n) is 2.45. The second kappa shape index (κ2) is 5.12. The molecule has 0 unspecified atom stereocenters. The third kappa shape index (κ3) is 2.48. The van der Waals surface area contributed by atoms with Crippen molar-refractivity contribution < 1.29 is 4.79 Å². The first kappa shape index (κ1) is 10.4. The molecule has 1 N–H and O–H groups in total. The van der Waals surface area contributed by atoms with Crippen molar-refractivity contribution in [1.29, 1.82) is 0 Å². The summed E-state index contributed by atoms with van der Waals surface area (Å²) in [5.74, 6) is 0. The van der Waals surface area contributed by atoms with Crippen LogP contribution >= 0.6 is 0 Å². The predicted molar refractivity (Wildman–Crippen MR) is 64.8 cm³/mol. The fraction of sp³-hybridized carbons (Fsp3) is 0.0714. The Morgan fingerprint density at radius 1 is 0.875 bits per heavy atom. The zero-order valence-corrected chi connectivity index (χ0v) is 8.89. The number of benzene rings is 2. The molecule has 0 radical (unpaired) electrons. The van der Waals surface area contributed by atoms with E-state index >= 15 is 0 Å². The van der Waals surface area contributed by atoms with Crippen molar-refractivity contribution in [3.05, 3.63) is 60.2 Å². The monoisotopic (exact) mass is 211 g/mol. The Morgan fingerprint density at radius 2 is 1.50 bits per heavy atom. The Bertz CT molecular complexity index is 448. The lowest BCUT2D eigenvalue weighted by Crippen LogP contribution is -2.09.